The van der Waals surface area contributed by atoms with Crippen LogP contribution in [0.5, 0.6) is 0 Å². The number of aryl methyl sites for hydroxylation is 2. The third kappa shape index (κ3) is 2.28. The molecule has 3 aromatic rings. The van der Waals surface area contributed by atoms with Gasteiger partial charge in [0.05, 0.1) is 4.88 Å². The summed E-state index contributed by atoms with van der Waals surface area (Å²) in [5.74, 6) is -0.0677. The molecule has 0 fully saturated rings. The van der Waals surface area contributed by atoms with Crippen molar-refractivity contribution in [3.8, 4) is 10.4 Å². The van der Waals surface area contributed by atoms with Gasteiger partial charge in [-0.2, -0.15) is 0 Å². The summed E-state index contributed by atoms with van der Waals surface area (Å²) >= 11 is 3.00. The maximum Gasteiger partial charge on any atom is 0.267 e. The Morgan fingerprint density at radius 3 is 2.90 bits per heavy atom. The highest BCUT2D eigenvalue weighted by Gasteiger charge is 2.21. The average molecular weight is 312 g/mol. The van der Waals surface area contributed by atoms with Gasteiger partial charge in [0.2, 0.25) is 0 Å². The molecule has 1 aliphatic carbocycles. The van der Waals surface area contributed by atoms with Gasteiger partial charge in [0.25, 0.3) is 5.91 Å². The number of anilines is 1. The largest absolute Gasteiger partial charge is 0.297 e. The molecule has 1 N–H and O–H groups in total. The molecule has 0 bridgehead atoms. The molecule has 5 heteroatoms. The third-order valence-electron chi connectivity index (χ3n) is 3.61. The summed E-state index contributed by atoms with van der Waals surface area (Å²) in [5, 5.41) is 5.35. The van der Waals surface area contributed by atoms with Crippen molar-refractivity contribution in [3.63, 3.8) is 0 Å². The van der Waals surface area contributed by atoms with Crippen LogP contribution in [-0.2, 0) is 12.8 Å². The Labute approximate surface area is 130 Å². The minimum atomic E-state index is -0.0677. The van der Waals surface area contributed by atoms with Crippen LogP contribution in [0.1, 0.15) is 20.8 Å². The molecule has 104 valence electrons. The summed E-state index contributed by atoms with van der Waals surface area (Å²) in [6.07, 6.45) is 3.75. The number of nitrogens with zero attached hydrogens (tertiary/aromatic N) is 1. The van der Waals surface area contributed by atoms with Crippen molar-refractivity contribution in [1.82, 2.24) is 4.98 Å². The number of thiophene rings is 1. The second kappa shape index (κ2) is 5.09. The molecule has 2 heterocycles. The first kappa shape index (κ1) is 12.7. The standard InChI is InChI=1S/C16H12N2OS2/c19-15(18-16-17-7-8-20-16)13-9-11-6-5-10-3-1-2-4-12(10)14(11)21-13/h1-4,7-9H,5-6H2,(H,17,18,19). The van der Waals surface area contributed by atoms with E-state index in [0.29, 0.717) is 5.13 Å². The smallest absolute Gasteiger partial charge is 0.267 e. The number of nitrogens with one attached hydrogen (secondary N) is 1. The van der Waals surface area contributed by atoms with E-state index >= 15 is 0 Å². The van der Waals surface area contributed by atoms with E-state index in [4.69, 9.17) is 0 Å². The number of carbonyl (C=O) groups is 1. The molecule has 0 atom stereocenters. The summed E-state index contributed by atoms with van der Waals surface area (Å²) in [4.78, 5) is 18.4. The fraction of sp³-hybridized carbons (Fsp3) is 0.125. The lowest BCUT2D eigenvalue weighted by atomic mass is 9.91. The van der Waals surface area contributed by atoms with E-state index in [1.54, 1.807) is 17.5 Å². The van der Waals surface area contributed by atoms with E-state index in [2.05, 4.69) is 34.6 Å². The summed E-state index contributed by atoms with van der Waals surface area (Å²) < 4.78 is 0. The highest BCUT2D eigenvalue weighted by Crippen LogP contribution is 2.39. The van der Waals surface area contributed by atoms with Crippen molar-refractivity contribution in [1.29, 1.82) is 0 Å². The van der Waals surface area contributed by atoms with Crippen molar-refractivity contribution in [2.75, 3.05) is 5.32 Å². The molecule has 0 unspecified atom stereocenters. The number of hydrogen-bond acceptors (Lipinski definition) is 4. The van der Waals surface area contributed by atoms with Gasteiger partial charge in [0.1, 0.15) is 0 Å². The molecular weight excluding hydrogens is 300 g/mol. The van der Waals surface area contributed by atoms with E-state index in [1.807, 2.05) is 11.4 Å². The Morgan fingerprint density at radius 1 is 1.19 bits per heavy atom. The summed E-state index contributed by atoms with van der Waals surface area (Å²) in [7, 11) is 0. The Kier molecular flexibility index (Phi) is 3.09. The fourth-order valence-corrected chi connectivity index (χ4v) is 4.32. The van der Waals surface area contributed by atoms with Gasteiger partial charge in [-0.25, -0.2) is 4.98 Å². The fourth-order valence-electron chi connectivity index (χ4n) is 2.63. The number of rotatable bonds is 2. The highest BCUT2D eigenvalue weighted by molar-refractivity contribution is 7.18. The first-order valence-corrected chi connectivity index (χ1v) is 8.43. The van der Waals surface area contributed by atoms with E-state index in [-0.39, 0.29) is 5.91 Å². The molecular formula is C16H12N2OS2. The average Bonchev–Trinajstić information content (AvgIpc) is 3.15. The van der Waals surface area contributed by atoms with Gasteiger partial charge < -0.3 is 0 Å². The van der Waals surface area contributed by atoms with Crippen LogP contribution < -0.4 is 5.32 Å². The third-order valence-corrected chi connectivity index (χ3v) is 5.51. The maximum absolute atomic E-state index is 12.3. The minimum absolute atomic E-state index is 0.0677. The van der Waals surface area contributed by atoms with Crippen LogP contribution in [0, 0.1) is 0 Å². The predicted octanol–water partition coefficient (Wildman–Crippen LogP) is 4.22. The van der Waals surface area contributed by atoms with Gasteiger partial charge >= 0.3 is 0 Å². The zero-order chi connectivity index (χ0) is 14.2. The van der Waals surface area contributed by atoms with Crippen LogP contribution in [0.4, 0.5) is 5.13 Å². The number of aromatic nitrogens is 1. The molecule has 0 saturated carbocycles. The van der Waals surface area contributed by atoms with Crippen LogP contribution >= 0.6 is 22.7 Å². The van der Waals surface area contributed by atoms with Crippen molar-refractivity contribution in [2.24, 2.45) is 0 Å². The lowest BCUT2D eigenvalue weighted by molar-refractivity contribution is 0.103. The van der Waals surface area contributed by atoms with Gasteiger partial charge in [-0.3, -0.25) is 10.1 Å². The summed E-state index contributed by atoms with van der Waals surface area (Å²) in [5.41, 5.74) is 3.93. The molecule has 3 nitrogen and oxygen atoms in total. The Morgan fingerprint density at radius 2 is 2.05 bits per heavy atom. The second-order valence-electron chi connectivity index (χ2n) is 4.91. The number of amides is 1. The van der Waals surface area contributed by atoms with Crippen LogP contribution in [0.2, 0.25) is 0 Å². The van der Waals surface area contributed by atoms with E-state index in [1.165, 1.54) is 32.9 Å². The van der Waals surface area contributed by atoms with Crippen molar-refractivity contribution in [3.05, 3.63) is 57.9 Å². The zero-order valence-electron chi connectivity index (χ0n) is 11.1. The van der Waals surface area contributed by atoms with Crippen molar-refractivity contribution >= 4 is 33.7 Å². The monoisotopic (exact) mass is 312 g/mol. The molecule has 0 aliphatic heterocycles. The Balaban J connectivity index is 1.68. The number of carbonyl (C=O) groups excluding carboxylic acids is 1. The lowest BCUT2D eigenvalue weighted by Crippen LogP contribution is -2.09. The van der Waals surface area contributed by atoms with E-state index in [0.717, 1.165) is 17.7 Å². The first-order valence-electron chi connectivity index (χ1n) is 6.73. The van der Waals surface area contributed by atoms with Crippen LogP contribution in [-0.4, -0.2) is 10.9 Å². The number of thiazole rings is 1. The molecule has 0 saturated heterocycles. The first-order chi connectivity index (χ1) is 10.3. The van der Waals surface area contributed by atoms with Crippen molar-refractivity contribution in [2.45, 2.75) is 12.8 Å². The molecule has 0 spiro atoms. The zero-order valence-corrected chi connectivity index (χ0v) is 12.8. The quantitative estimate of drug-likeness (QED) is 0.769. The van der Waals surface area contributed by atoms with Gasteiger partial charge in [0, 0.05) is 16.5 Å². The summed E-state index contributed by atoms with van der Waals surface area (Å²) in [6.45, 7) is 0. The van der Waals surface area contributed by atoms with Gasteiger partial charge in [0.15, 0.2) is 5.13 Å². The Bertz CT molecular complexity index is 806. The summed E-state index contributed by atoms with van der Waals surface area (Å²) in [6, 6.07) is 10.5. The molecule has 21 heavy (non-hydrogen) atoms. The highest BCUT2D eigenvalue weighted by atomic mass is 32.1. The van der Waals surface area contributed by atoms with Gasteiger partial charge in [-0.15, -0.1) is 22.7 Å². The minimum Gasteiger partial charge on any atom is -0.297 e. The number of hydrogen-bond donors (Lipinski definition) is 1. The topological polar surface area (TPSA) is 42.0 Å². The molecule has 4 rings (SSSR count). The predicted molar refractivity (Wildman–Crippen MR) is 87.2 cm³/mol. The lowest BCUT2D eigenvalue weighted by Gasteiger charge is -2.15. The van der Waals surface area contributed by atoms with Gasteiger partial charge in [-0.1, -0.05) is 24.3 Å². The molecule has 1 aliphatic rings. The number of benzene rings is 1. The second-order valence-corrected chi connectivity index (χ2v) is 6.86. The molecule has 0 radical (unpaired) electrons. The van der Waals surface area contributed by atoms with Crippen LogP contribution in [0.15, 0.2) is 41.9 Å². The van der Waals surface area contributed by atoms with Gasteiger partial charge in [-0.05, 0) is 35.6 Å². The van der Waals surface area contributed by atoms with Crippen LogP contribution in [0.3, 0.4) is 0 Å². The molecule has 1 amide bonds. The SMILES string of the molecule is O=C(Nc1nccs1)c1cc2c(s1)-c1ccccc1CC2. The molecule has 1 aromatic carbocycles. The Hall–Kier alpha value is -1.98. The van der Waals surface area contributed by atoms with E-state index < -0.39 is 0 Å². The van der Waals surface area contributed by atoms with Crippen LogP contribution in [0.25, 0.3) is 10.4 Å². The van der Waals surface area contributed by atoms with Crippen molar-refractivity contribution < 1.29 is 4.79 Å². The normalized spacial score (nSPS) is 12.6. The number of fused-ring (bicyclic) bond motifs is 3. The molecule has 2 aromatic heterocycles. The van der Waals surface area contributed by atoms with E-state index in [9.17, 15) is 4.79 Å². The maximum atomic E-state index is 12.3.